The van der Waals surface area contributed by atoms with E-state index >= 15 is 0 Å². The molecule has 2 aliphatic rings. The maximum Gasteiger partial charge on any atom is 0.221 e. The SMILES string of the molecule is Nc1ccc2c(c1)CCC(CCC1CCC(=O)NC1O)C2=O. The Labute approximate surface area is 129 Å². The van der Waals surface area contributed by atoms with Gasteiger partial charge in [-0.15, -0.1) is 0 Å². The number of amides is 1. The van der Waals surface area contributed by atoms with Crippen LogP contribution in [-0.2, 0) is 11.2 Å². The van der Waals surface area contributed by atoms with Gasteiger partial charge in [0.1, 0.15) is 6.23 Å². The number of nitrogens with two attached hydrogens (primary N) is 1. The van der Waals surface area contributed by atoms with E-state index in [1.165, 1.54) is 0 Å². The number of nitrogen functional groups attached to an aromatic ring is 1. The number of hydrogen-bond donors (Lipinski definition) is 3. The molecule has 22 heavy (non-hydrogen) atoms. The van der Waals surface area contributed by atoms with Crippen LogP contribution in [0.15, 0.2) is 18.2 Å². The lowest BCUT2D eigenvalue weighted by molar-refractivity contribution is -0.129. The zero-order chi connectivity index (χ0) is 15.7. The minimum atomic E-state index is -0.771. The zero-order valence-corrected chi connectivity index (χ0v) is 12.5. The van der Waals surface area contributed by atoms with Crippen molar-refractivity contribution < 1.29 is 14.7 Å². The number of anilines is 1. The Kier molecular flexibility index (Phi) is 4.16. The maximum atomic E-state index is 12.6. The van der Waals surface area contributed by atoms with Crippen molar-refractivity contribution in [2.45, 2.75) is 44.8 Å². The van der Waals surface area contributed by atoms with Crippen LogP contribution in [0.4, 0.5) is 5.69 Å². The lowest BCUT2D eigenvalue weighted by Crippen LogP contribution is -2.44. The molecule has 1 heterocycles. The molecule has 0 radical (unpaired) electrons. The van der Waals surface area contributed by atoms with Crippen molar-refractivity contribution in [3.8, 4) is 0 Å². The molecule has 0 saturated carbocycles. The first-order valence-corrected chi connectivity index (χ1v) is 7.94. The summed E-state index contributed by atoms with van der Waals surface area (Å²) in [5.41, 5.74) is 8.31. The predicted molar refractivity (Wildman–Crippen MR) is 83.1 cm³/mol. The van der Waals surface area contributed by atoms with Gasteiger partial charge in [-0.25, -0.2) is 0 Å². The summed E-state index contributed by atoms with van der Waals surface area (Å²) in [7, 11) is 0. The number of benzene rings is 1. The first-order chi connectivity index (χ1) is 10.5. The summed E-state index contributed by atoms with van der Waals surface area (Å²) in [4.78, 5) is 23.8. The van der Waals surface area contributed by atoms with E-state index < -0.39 is 6.23 Å². The van der Waals surface area contributed by atoms with Gasteiger partial charge in [0.2, 0.25) is 5.91 Å². The van der Waals surface area contributed by atoms with Gasteiger partial charge in [0.15, 0.2) is 5.78 Å². The number of Topliss-reactive ketones (excluding diaryl/α,β-unsaturated/α-hetero) is 1. The number of rotatable bonds is 3. The molecule has 1 aromatic rings. The molecule has 1 amide bonds. The number of carbonyl (C=O) groups excluding carboxylic acids is 2. The van der Waals surface area contributed by atoms with Crippen molar-refractivity contribution in [2.75, 3.05) is 5.73 Å². The zero-order valence-electron chi connectivity index (χ0n) is 12.5. The molecule has 0 bridgehead atoms. The van der Waals surface area contributed by atoms with E-state index in [-0.39, 0.29) is 23.5 Å². The lowest BCUT2D eigenvalue weighted by Gasteiger charge is -2.30. The van der Waals surface area contributed by atoms with Crippen LogP contribution >= 0.6 is 0 Å². The molecule has 3 rings (SSSR count). The van der Waals surface area contributed by atoms with E-state index in [1.54, 1.807) is 6.07 Å². The largest absolute Gasteiger partial charge is 0.399 e. The Bertz CT molecular complexity index is 600. The molecule has 1 saturated heterocycles. The number of piperidine rings is 1. The fourth-order valence-corrected chi connectivity index (χ4v) is 3.56. The Morgan fingerprint density at radius 2 is 2.00 bits per heavy atom. The minimum Gasteiger partial charge on any atom is -0.399 e. The van der Waals surface area contributed by atoms with Gasteiger partial charge in [-0.2, -0.15) is 0 Å². The van der Waals surface area contributed by atoms with E-state index in [1.807, 2.05) is 12.1 Å². The van der Waals surface area contributed by atoms with E-state index in [2.05, 4.69) is 5.32 Å². The van der Waals surface area contributed by atoms with Gasteiger partial charge in [0.05, 0.1) is 0 Å². The second-order valence-electron chi connectivity index (χ2n) is 6.40. The first-order valence-electron chi connectivity index (χ1n) is 7.94. The van der Waals surface area contributed by atoms with Crippen LogP contribution in [0.5, 0.6) is 0 Å². The highest BCUT2D eigenvalue weighted by Gasteiger charge is 2.31. The van der Waals surface area contributed by atoms with Gasteiger partial charge in [-0.1, -0.05) is 0 Å². The molecule has 1 aromatic carbocycles. The molecular weight excluding hydrogens is 280 g/mol. The summed E-state index contributed by atoms with van der Waals surface area (Å²) in [6, 6.07) is 5.50. The molecule has 118 valence electrons. The highest BCUT2D eigenvalue weighted by molar-refractivity contribution is 6.00. The third-order valence-electron chi connectivity index (χ3n) is 4.91. The van der Waals surface area contributed by atoms with Crippen molar-refractivity contribution in [2.24, 2.45) is 11.8 Å². The first kappa shape index (κ1) is 15.0. The number of fused-ring (bicyclic) bond motifs is 1. The topological polar surface area (TPSA) is 92.4 Å². The van der Waals surface area contributed by atoms with Gasteiger partial charge >= 0.3 is 0 Å². The van der Waals surface area contributed by atoms with Gasteiger partial charge in [-0.05, 0) is 55.9 Å². The molecule has 5 heteroatoms. The summed E-state index contributed by atoms with van der Waals surface area (Å²) in [5, 5.41) is 12.5. The molecule has 1 aliphatic carbocycles. The third-order valence-corrected chi connectivity index (χ3v) is 4.91. The average molecular weight is 302 g/mol. The number of aryl methyl sites for hydroxylation is 1. The Hall–Kier alpha value is -1.88. The predicted octanol–water partition coefficient (Wildman–Crippen LogP) is 1.64. The molecule has 1 fully saturated rings. The quantitative estimate of drug-likeness (QED) is 0.740. The fraction of sp³-hybridized carbons (Fsp3) is 0.529. The van der Waals surface area contributed by atoms with Crippen LogP contribution in [0.25, 0.3) is 0 Å². The lowest BCUT2D eigenvalue weighted by atomic mass is 9.78. The van der Waals surface area contributed by atoms with Crippen LogP contribution in [-0.4, -0.2) is 23.0 Å². The molecule has 3 atom stereocenters. The van der Waals surface area contributed by atoms with Crippen molar-refractivity contribution >= 4 is 17.4 Å². The van der Waals surface area contributed by atoms with E-state index in [4.69, 9.17) is 5.73 Å². The Morgan fingerprint density at radius 3 is 2.77 bits per heavy atom. The van der Waals surface area contributed by atoms with E-state index in [9.17, 15) is 14.7 Å². The van der Waals surface area contributed by atoms with Gasteiger partial charge in [0.25, 0.3) is 0 Å². The van der Waals surface area contributed by atoms with E-state index in [0.29, 0.717) is 18.5 Å². The normalized spacial score (nSPS) is 28.1. The Balaban J connectivity index is 1.61. The molecule has 0 spiro atoms. The molecule has 5 nitrogen and oxygen atoms in total. The van der Waals surface area contributed by atoms with Crippen LogP contribution in [0, 0.1) is 11.8 Å². The molecule has 3 unspecified atom stereocenters. The molecule has 1 aliphatic heterocycles. The van der Waals surface area contributed by atoms with Crippen LogP contribution < -0.4 is 11.1 Å². The number of aliphatic hydroxyl groups excluding tert-OH is 1. The Morgan fingerprint density at radius 1 is 1.18 bits per heavy atom. The van der Waals surface area contributed by atoms with Gasteiger partial charge < -0.3 is 16.2 Å². The molecule has 4 N–H and O–H groups in total. The number of nitrogens with one attached hydrogen (secondary N) is 1. The minimum absolute atomic E-state index is 0.0148. The molecular formula is C17H22N2O3. The summed E-state index contributed by atoms with van der Waals surface area (Å²) >= 11 is 0. The van der Waals surface area contributed by atoms with E-state index in [0.717, 1.165) is 36.8 Å². The van der Waals surface area contributed by atoms with Crippen molar-refractivity contribution in [3.05, 3.63) is 29.3 Å². The van der Waals surface area contributed by atoms with Crippen LogP contribution in [0.3, 0.4) is 0 Å². The maximum absolute atomic E-state index is 12.6. The molecule has 0 aromatic heterocycles. The number of ketones is 1. The van der Waals surface area contributed by atoms with Crippen LogP contribution in [0.1, 0.15) is 48.0 Å². The fourth-order valence-electron chi connectivity index (χ4n) is 3.56. The standard InChI is InChI=1S/C17H22N2O3/c18-13-6-7-14-12(9-13)4-2-10(16(14)21)1-3-11-5-8-15(20)19-17(11)22/h6-7,9-11,17,22H,1-5,8,18H2,(H,19,20). The number of aliphatic hydroxyl groups is 1. The highest BCUT2D eigenvalue weighted by atomic mass is 16.3. The highest BCUT2D eigenvalue weighted by Crippen LogP contribution is 2.32. The van der Waals surface area contributed by atoms with Crippen molar-refractivity contribution in [1.82, 2.24) is 5.32 Å². The van der Waals surface area contributed by atoms with Crippen LogP contribution in [0.2, 0.25) is 0 Å². The van der Waals surface area contributed by atoms with Gasteiger partial charge in [0, 0.05) is 29.5 Å². The smallest absolute Gasteiger partial charge is 0.221 e. The van der Waals surface area contributed by atoms with Crippen molar-refractivity contribution in [3.63, 3.8) is 0 Å². The second kappa shape index (κ2) is 6.08. The second-order valence-corrected chi connectivity index (χ2v) is 6.40. The number of carbonyl (C=O) groups is 2. The summed E-state index contributed by atoms with van der Waals surface area (Å²) in [6.07, 6.45) is 3.63. The number of hydrogen-bond acceptors (Lipinski definition) is 4. The average Bonchev–Trinajstić information content (AvgIpc) is 2.48. The summed E-state index contributed by atoms with van der Waals surface area (Å²) < 4.78 is 0. The van der Waals surface area contributed by atoms with Crippen molar-refractivity contribution in [1.29, 1.82) is 0 Å². The third kappa shape index (κ3) is 2.99. The van der Waals surface area contributed by atoms with Gasteiger partial charge in [-0.3, -0.25) is 9.59 Å². The monoisotopic (exact) mass is 302 g/mol. The summed E-state index contributed by atoms with van der Waals surface area (Å²) in [5.74, 6) is 0.166. The summed E-state index contributed by atoms with van der Waals surface area (Å²) in [6.45, 7) is 0.